The van der Waals surface area contributed by atoms with Gasteiger partial charge in [-0.25, -0.2) is 21.9 Å². The van der Waals surface area contributed by atoms with Gasteiger partial charge in [-0.3, -0.25) is 19.1 Å². The number of ether oxygens (including phenoxy) is 1. The highest BCUT2D eigenvalue weighted by Gasteiger charge is 2.40. The number of aromatic amines is 1. The maximum absolute atomic E-state index is 14.8. The number of hydrogen-bond donors (Lipinski definition) is 1. The van der Waals surface area contributed by atoms with Crippen molar-refractivity contribution in [1.29, 1.82) is 5.26 Å². The molecule has 172 valence electrons. The summed E-state index contributed by atoms with van der Waals surface area (Å²) in [5, 5.41) is 9.28. The molecule has 1 heterocycles. The molecule has 2 aromatic rings. The number of H-pyrrole nitrogens is 1. The van der Waals surface area contributed by atoms with Crippen LogP contribution < -0.4 is 15.6 Å². The monoisotopic (exact) mass is 478 g/mol. The Morgan fingerprint density at radius 1 is 1.31 bits per heavy atom. The first-order valence-corrected chi connectivity index (χ1v) is 10.2. The van der Waals surface area contributed by atoms with Gasteiger partial charge in [-0.15, -0.1) is 0 Å². The van der Waals surface area contributed by atoms with Gasteiger partial charge in [-0.1, -0.05) is 0 Å². The fraction of sp³-hybridized carbons (Fsp3) is 0.294. The van der Waals surface area contributed by atoms with Crippen LogP contribution in [0.1, 0.15) is 11.3 Å². The lowest BCUT2D eigenvalue weighted by atomic mass is 10.0. The number of benzene rings is 1. The maximum atomic E-state index is 14.8. The van der Waals surface area contributed by atoms with Crippen LogP contribution in [0.25, 0.3) is 11.1 Å². The molecule has 10 nitrogen and oxygen atoms in total. The van der Waals surface area contributed by atoms with Crippen LogP contribution in [0.3, 0.4) is 0 Å². The van der Waals surface area contributed by atoms with Crippen molar-refractivity contribution >= 4 is 21.6 Å². The number of amides is 1. The zero-order chi connectivity index (χ0) is 24.6. The number of hydrogen-bond acceptors (Lipinski definition) is 7. The fourth-order valence-electron chi connectivity index (χ4n) is 2.89. The third-order valence-corrected chi connectivity index (χ3v) is 5.18. The number of nitriles is 1. The number of halogens is 4. The Morgan fingerprint density at radius 2 is 1.91 bits per heavy atom. The van der Waals surface area contributed by atoms with Crippen LogP contribution in [0.2, 0.25) is 0 Å². The molecule has 2 rings (SSSR count). The van der Waals surface area contributed by atoms with E-state index in [2.05, 4.69) is 4.74 Å². The van der Waals surface area contributed by atoms with Crippen LogP contribution in [0, 0.1) is 17.1 Å². The average Bonchev–Trinajstić information content (AvgIpc) is 2.63. The minimum absolute atomic E-state index is 0.0262. The molecule has 0 saturated heterocycles. The highest BCUT2D eigenvalue weighted by molar-refractivity contribution is 7.92. The van der Waals surface area contributed by atoms with Crippen LogP contribution in [-0.4, -0.2) is 43.8 Å². The van der Waals surface area contributed by atoms with E-state index in [0.29, 0.717) is 25.4 Å². The van der Waals surface area contributed by atoms with Gasteiger partial charge in [0.15, 0.2) is 0 Å². The zero-order valence-corrected chi connectivity index (χ0v) is 17.4. The second-order valence-corrected chi connectivity index (χ2v) is 8.19. The summed E-state index contributed by atoms with van der Waals surface area (Å²) in [7, 11) is -2.75. The van der Waals surface area contributed by atoms with Crippen molar-refractivity contribution in [3.8, 4) is 17.2 Å². The largest absolute Gasteiger partial charge is 0.432 e. The second-order valence-electron chi connectivity index (χ2n) is 6.35. The summed E-state index contributed by atoms with van der Waals surface area (Å²) in [6.07, 6.45) is -4.74. The molecule has 32 heavy (non-hydrogen) atoms. The van der Waals surface area contributed by atoms with Crippen LogP contribution in [0.15, 0.2) is 21.7 Å². The Labute approximate surface area is 177 Å². The van der Waals surface area contributed by atoms with Gasteiger partial charge in [0.05, 0.1) is 23.1 Å². The standard InChI is InChI=1S/C17H14F4N4O6S/c1-24-14(17(19,20)21)13(15(27)23-16(24)28)9-5-11(8(6-22)4-10(9)18)25(32(3,29)30)12(26)7-31-2/h4-5H,7H2,1-3H3,(H,23,27,28). The molecular weight excluding hydrogens is 464 g/mol. The van der Waals surface area contributed by atoms with E-state index in [-0.39, 0.29) is 8.87 Å². The highest BCUT2D eigenvalue weighted by Crippen LogP contribution is 2.37. The predicted octanol–water partition coefficient (Wildman–Crippen LogP) is 0.709. The van der Waals surface area contributed by atoms with Crippen molar-refractivity contribution in [3.05, 3.63) is 50.0 Å². The number of aromatic nitrogens is 2. The number of rotatable bonds is 5. The minimum Gasteiger partial charge on any atom is -0.375 e. The fourth-order valence-corrected chi connectivity index (χ4v) is 3.82. The first-order valence-electron chi connectivity index (χ1n) is 8.31. The summed E-state index contributed by atoms with van der Waals surface area (Å²) in [4.78, 5) is 37.8. The molecule has 0 fully saturated rings. The van der Waals surface area contributed by atoms with E-state index in [1.165, 1.54) is 6.07 Å². The Hall–Kier alpha value is -3.51. The molecule has 15 heteroatoms. The lowest BCUT2D eigenvalue weighted by Gasteiger charge is -2.23. The van der Waals surface area contributed by atoms with Crippen molar-refractivity contribution < 1.29 is 35.5 Å². The lowest BCUT2D eigenvalue weighted by molar-refractivity contribution is -0.143. The molecule has 0 bridgehead atoms. The van der Waals surface area contributed by atoms with Gasteiger partial charge in [0.25, 0.3) is 11.5 Å². The zero-order valence-electron chi connectivity index (χ0n) is 16.6. The topological polar surface area (TPSA) is 142 Å². The van der Waals surface area contributed by atoms with Crippen molar-refractivity contribution in [2.45, 2.75) is 6.18 Å². The van der Waals surface area contributed by atoms with Gasteiger partial charge >= 0.3 is 11.9 Å². The summed E-state index contributed by atoms with van der Waals surface area (Å²) in [5.74, 6) is -2.75. The van der Waals surface area contributed by atoms with Gasteiger partial charge in [0.2, 0.25) is 10.0 Å². The van der Waals surface area contributed by atoms with E-state index in [1.807, 2.05) is 0 Å². The Balaban J connectivity index is 3.05. The van der Waals surface area contributed by atoms with Crippen molar-refractivity contribution in [2.75, 3.05) is 24.3 Å². The molecule has 0 atom stereocenters. The quantitative estimate of drug-likeness (QED) is 0.624. The third kappa shape index (κ3) is 4.55. The van der Waals surface area contributed by atoms with E-state index in [0.717, 1.165) is 7.11 Å². The molecule has 1 N–H and O–H groups in total. The number of methoxy groups -OCH3 is 1. The molecule has 1 aromatic heterocycles. The molecule has 0 aliphatic carbocycles. The normalized spacial score (nSPS) is 11.8. The van der Waals surface area contributed by atoms with E-state index < -0.39 is 73.9 Å². The van der Waals surface area contributed by atoms with Gasteiger partial charge in [0.1, 0.15) is 24.2 Å². The summed E-state index contributed by atoms with van der Waals surface area (Å²) in [6, 6.07) is 2.25. The molecule has 0 unspecified atom stereocenters. The molecule has 0 radical (unpaired) electrons. The molecular formula is C17H14F4N4O6S. The first kappa shape index (κ1) is 24.8. The van der Waals surface area contributed by atoms with E-state index >= 15 is 0 Å². The van der Waals surface area contributed by atoms with E-state index in [1.54, 1.807) is 4.98 Å². The van der Waals surface area contributed by atoms with Gasteiger partial charge in [-0.05, 0) is 12.1 Å². The van der Waals surface area contributed by atoms with Crippen LogP contribution in [0.5, 0.6) is 0 Å². The second kappa shape index (κ2) is 8.55. The molecule has 0 spiro atoms. The maximum Gasteiger partial charge on any atom is 0.432 e. The number of sulfonamides is 1. The van der Waals surface area contributed by atoms with E-state index in [4.69, 9.17) is 0 Å². The lowest BCUT2D eigenvalue weighted by Crippen LogP contribution is -2.39. The first-order chi connectivity index (χ1) is 14.6. The smallest absolute Gasteiger partial charge is 0.375 e. The Bertz CT molecular complexity index is 1360. The summed E-state index contributed by atoms with van der Waals surface area (Å²) in [6.45, 7) is -0.807. The van der Waals surface area contributed by atoms with Crippen molar-refractivity contribution in [2.24, 2.45) is 7.05 Å². The molecule has 1 aromatic carbocycles. The number of carbonyl (C=O) groups excluding carboxylic acids is 1. The van der Waals surface area contributed by atoms with Crippen LogP contribution in [0.4, 0.5) is 23.2 Å². The van der Waals surface area contributed by atoms with Gasteiger partial charge in [-0.2, -0.15) is 18.4 Å². The number of carbonyl (C=O) groups is 1. The van der Waals surface area contributed by atoms with E-state index in [9.17, 15) is 45.6 Å². The highest BCUT2D eigenvalue weighted by atomic mass is 32.2. The van der Waals surface area contributed by atoms with Crippen LogP contribution in [-0.2, 0) is 32.8 Å². The number of anilines is 1. The molecule has 0 saturated carbocycles. The molecule has 1 amide bonds. The van der Waals surface area contributed by atoms with Gasteiger partial charge < -0.3 is 4.74 Å². The minimum atomic E-state index is -5.31. The Morgan fingerprint density at radius 3 is 2.38 bits per heavy atom. The van der Waals surface area contributed by atoms with Crippen LogP contribution >= 0.6 is 0 Å². The summed E-state index contributed by atoms with van der Waals surface area (Å²) in [5.41, 5.74) is -8.87. The number of nitrogens with one attached hydrogen (secondary N) is 1. The predicted molar refractivity (Wildman–Crippen MR) is 102 cm³/mol. The van der Waals surface area contributed by atoms with Crippen molar-refractivity contribution in [3.63, 3.8) is 0 Å². The Kier molecular flexibility index (Phi) is 6.62. The number of nitrogens with zero attached hydrogens (tertiary/aromatic N) is 3. The van der Waals surface area contributed by atoms with Crippen molar-refractivity contribution in [1.82, 2.24) is 9.55 Å². The SMILES string of the molecule is COCC(=O)N(c1cc(-c2c(C(F)(F)F)n(C)c(=O)[nH]c2=O)c(F)cc1C#N)S(C)(=O)=O. The number of alkyl halides is 3. The summed E-state index contributed by atoms with van der Waals surface area (Å²) < 4.78 is 84.7. The third-order valence-electron chi connectivity index (χ3n) is 4.11. The summed E-state index contributed by atoms with van der Waals surface area (Å²) >= 11 is 0. The average molecular weight is 478 g/mol. The molecule has 0 aliphatic heterocycles. The van der Waals surface area contributed by atoms with Gasteiger partial charge in [0, 0.05) is 19.7 Å². The molecule has 0 aliphatic rings.